The lowest BCUT2D eigenvalue weighted by atomic mass is 9.76. The minimum absolute atomic E-state index is 0.101. The van der Waals surface area contributed by atoms with E-state index in [1.54, 1.807) is 18.2 Å². The molecule has 4 rings (SSSR count). The number of fused-ring (bicyclic) bond motifs is 1. The molecule has 2 aliphatic carbocycles. The summed E-state index contributed by atoms with van der Waals surface area (Å²) in [6.45, 7) is 2.20. The van der Waals surface area contributed by atoms with Gasteiger partial charge in [-0.15, -0.1) is 0 Å². The van der Waals surface area contributed by atoms with Gasteiger partial charge in [0.1, 0.15) is 0 Å². The number of benzene rings is 2. The molecule has 1 saturated carbocycles. The zero-order valence-electron chi connectivity index (χ0n) is 17.7. The van der Waals surface area contributed by atoms with Crippen molar-refractivity contribution in [1.29, 1.82) is 0 Å². The molecule has 160 valence electrons. The topological polar surface area (TPSA) is 9.23 Å². The number of ether oxygens (including phenoxy) is 1. The summed E-state index contributed by atoms with van der Waals surface area (Å²) in [5.41, 5.74) is 3.26. The summed E-state index contributed by atoms with van der Waals surface area (Å²) in [5, 5.41) is 0. The first-order valence-corrected chi connectivity index (χ1v) is 11.0. The van der Waals surface area contributed by atoms with Gasteiger partial charge in [0.05, 0.1) is 7.11 Å². The summed E-state index contributed by atoms with van der Waals surface area (Å²) < 4.78 is 49.2. The molecular formula is C26H29F3O. The largest absolute Gasteiger partial charge is 0.494 e. The quantitative estimate of drug-likeness (QED) is 0.496. The number of methoxy groups -OCH3 is 1. The number of rotatable bonds is 5. The Labute approximate surface area is 177 Å². The maximum Gasteiger partial charge on any atom is 0.166 e. The highest BCUT2D eigenvalue weighted by Crippen LogP contribution is 2.40. The van der Waals surface area contributed by atoms with Gasteiger partial charge in [0.25, 0.3) is 0 Å². The van der Waals surface area contributed by atoms with Crippen LogP contribution >= 0.6 is 0 Å². The van der Waals surface area contributed by atoms with Gasteiger partial charge in [-0.3, -0.25) is 0 Å². The second kappa shape index (κ2) is 8.87. The van der Waals surface area contributed by atoms with Crippen molar-refractivity contribution in [3.05, 3.63) is 70.0 Å². The zero-order valence-corrected chi connectivity index (χ0v) is 17.7. The van der Waals surface area contributed by atoms with Crippen molar-refractivity contribution < 1.29 is 17.9 Å². The number of hydrogen-bond donors (Lipinski definition) is 0. The standard InChI is InChI=1S/C26H29F3O/c1-3-4-16-5-7-17(8-6-16)21-11-12-22(26(29)25(21)28)19-10-9-18-15-24(30-2)23(27)14-20(18)13-19/h10-12,14-17H,3-9,13H2,1-2H3. The molecular weight excluding hydrogens is 385 g/mol. The van der Waals surface area contributed by atoms with Crippen molar-refractivity contribution in [1.82, 2.24) is 0 Å². The third kappa shape index (κ3) is 4.01. The Hall–Kier alpha value is -2.23. The van der Waals surface area contributed by atoms with Crippen LogP contribution in [0.1, 0.15) is 73.6 Å². The van der Waals surface area contributed by atoms with Crippen LogP contribution in [0.4, 0.5) is 13.2 Å². The van der Waals surface area contributed by atoms with Crippen molar-refractivity contribution in [3.63, 3.8) is 0 Å². The highest BCUT2D eigenvalue weighted by Gasteiger charge is 2.27. The molecule has 2 aromatic rings. The fraction of sp³-hybridized carbons (Fsp3) is 0.462. The summed E-state index contributed by atoms with van der Waals surface area (Å²) >= 11 is 0. The van der Waals surface area contributed by atoms with E-state index in [-0.39, 0.29) is 17.2 Å². The van der Waals surface area contributed by atoms with E-state index < -0.39 is 17.5 Å². The van der Waals surface area contributed by atoms with E-state index in [4.69, 9.17) is 4.74 Å². The number of allylic oxidation sites excluding steroid dienone is 2. The van der Waals surface area contributed by atoms with Crippen molar-refractivity contribution in [3.8, 4) is 5.75 Å². The monoisotopic (exact) mass is 414 g/mol. The summed E-state index contributed by atoms with van der Waals surface area (Å²) in [4.78, 5) is 0. The predicted molar refractivity (Wildman–Crippen MR) is 114 cm³/mol. The van der Waals surface area contributed by atoms with Crippen molar-refractivity contribution >= 4 is 5.57 Å². The first-order chi connectivity index (χ1) is 14.5. The molecule has 0 saturated heterocycles. The van der Waals surface area contributed by atoms with Crippen molar-refractivity contribution in [2.45, 2.75) is 64.2 Å². The van der Waals surface area contributed by atoms with E-state index in [0.29, 0.717) is 24.0 Å². The molecule has 2 aliphatic rings. The van der Waals surface area contributed by atoms with E-state index in [1.165, 1.54) is 26.0 Å². The van der Waals surface area contributed by atoms with Gasteiger partial charge in [-0.1, -0.05) is 38.0 Å². The maximum atomic E-state index is 15.1. The molecule has 4 heteroatoms. The molecule has 0 N–H and O–H groups in total. The van der Waals surface area contributed by atoms with Gasteiger partial charge in [-0.25, -0.2) is 13.2 Å². The molecule has 0 aliphatic heterocycles. The molecule has 1 nitrogen and oxygen atoms in total. The van der Waals surface area contributed by atoms with Gasteiger partial charge in [-0.2, -0.15) is 0 Å². The molecule has 0 aromatic heterocycles. The Bertz CT molecular complexity index is 955. The Kier molecular flexibility index (Phi) is 6.21. The Morgan fingerprint density at radius 1 is 0.967 bits per heavy atom. The Morgan fingerprint density at radius 3 is 2.43 bits per heavy atom. The van der Waals surface area contributed by atoms with Crippen LogP contribution in [0.15, 0.2) is 30.3 Å². The third-order valence-corrected chi connectivity index (χ3v) is 6.86. The minimum Gasteiger partial charge on any atom is -0.494 e. The van der Waals surface area contributed by atoms with Crippen LogP contribution in [-0.2, 0) is 12.8 Å². The lowest BCUT2D eigenvalue weighted by molar-refractivity contribution is 0.303. The summed E-state index contributed by atoms with van der Waals surface area (Å²) in [5.74, 6) is -0.876. The lowest BCUT2D eigenvalue weighted by Crippen LogP contribution is -2.15. The Morgan fingerprint density at radius 2 is 1.73 bits per heavy atom. The molecule has 2 aromatic carbocycles. The number of hydrogen-bond acceptors (Lipinski definition) is 1. The van der Waals surface area contributed by atoms with Crippen molar-refractivity contribution in [2.75, 3.05) is 7.11 Å². The molecule has 0 unspecified atom stereocenters. The molecule has 0 radical (unpaired) electrons. The van der Waals surface area contributed by atoms with Gasteiger partial charge in [-0.05, 0) is 84.8 Å². The van der Waals surface area contributed by atoms with Gasteiger partial charge in [0.2, 0.25) is 0 Å². The van der Waals surface area contributed by atoms with E-state index in [0.717, 1.165) is 42.7 Å². The average Bonchev–Trinajstić information content (AvgIpc) is 2.76. The highest BCUT2D eigenvalue weighted by molar-refractivity contribution is 5.71. The average molecular weight is 415 g/mol. The van der Waals surface area contributed by atoms with E-state index >= 15 is 8.78 Å². The normalized spacial score (nSPS) is 21.2. The SMILES string of the molecule is CCCC1CCC(c2ccc(C3=CCc4cc(OC)c(F)cc4C3)c(F)c2F)CC1. The number of halogens is 3. The summed E-state index contributed by atoms with van der Waals surface area (Å²) in [6, 6.07) is 6.61. The molecule has 0 heterocycles. The molecule has 0 atom stereocenters. The highest BCUT2D eigenvalue weighted by atomic mass is 19.2. The van der Waals surface area contributed by atoms with Gasteiger partial charge < -0.3 is 4.74 Å². The molecule has 30 heavy (non-hydrogen) atoms. The molecule has 0 bridgehead atoms. The van der Waals surface area contributed by atoms with Gasteiger partial charge in [0, 0.05) is 5.56 Å². The second-order valence-corrected chi connectivity index (χ2v) is 8.70. The van der Waals surface area contributed by atoms with E-state index in [1.807, 2.05) is 6.08 Å². The van der Waals surface area contributed by atoms with E-state index in [9.17, 15) is 4.39 Å². The second-order valence-electron chi connectivity index (χ2n) is 8.70. The predicted octanol–water partition coefficient (Wildman–Crippen LogP) is 7.37. The molecule has 1 fully saturated rings. The van der Waals surface area contributed by atoms with Crippen LogP contribution in [0.5, 0.6) is 5.75 Å². The van der Waals surface area contributed by atoms with Gasteiger partial charge >= 0.3 is 0 Å². The fourth-order valence-corrected chi connectivity index (χ4v) is 5.16. The Balaban J connectivity index is 1.55. The lowest BCUT2D eigenvalue weighted by Gasteiger charge is -2.29. The van der Waals surface area contributed by atoms with Crippen LogP contribution < -0.4 is 4.74 Å². The molecule has 0 spiro atoms. The minimum atomic E-state index is -0.771. The fourth-order valence-electron chi connectivity index (χ4n) is 5.16. The van der Waals surface area contributed by atoms with Crippen LogP contribution in [0.3, 0.4) is 0 Å². The summed E-state index contributed by atoms with van der Waals surface area (Å²) in [7, 11) is 1.44. The van der Waals surface area contributed by atoms with Crippen molar-refractivity contribution in [2.24, 2.45) is 5.92 Å². The van der Waals surface area contributed by atoms with Crippen LogP contribution in [0, 0.1) is 23.4 Å². The van der Waals surface area contributed by atoms with Crippen LogP contribution in [-0.4, -0.2) is 7.11 Å². The molecule has 0 amide bonds. The summed E-state index contributed by atoms with van der Waals surface area (Å²) in [6.07, 6.45) is 9.30. The van der Waals surface area contributed by atoms with Gasteiger partial charge in [0.15, 0.2) is 23.2 Å². The third-order valence-electron chi connectivity index (χ3n) is 6.86. The zero-order chi connectivity index (χ0) is 21.3. The van der Waals surface area contributed by atoms with Crippen LogP contribution in [0.25, 0.3) is 5.57 Å². The smallest absolute Gasteiger partial charge is 0.166 e. The van der Waals surface area contributed by atoms with Crippen LogP contribution in [0.2, 0.25) is 0 Å². The first-order valence-electron chi connectivity index (χ1n) is 11.0. The van der Waals surface area contributed by atoms with E-state index in [2.05, 4.69) is 6.92 Å². The first kappa shape index (κ1) is 21.0. The maximum absolute atomic E-state index is 15.1.